The van der Waals surface area contributed by atoms with Crippen LogP contribution in [0.1, 0.15) is 29.1 Å². The molecule has 2 amide bonds. The third-order valence-electron chi connectivity index (χ3n) is 2.84. The number of anilines is 1. The number of nitrogens with two attached hydrogens (primary N) is 1. The van der Waals surface area contributed by atoms with E-state index in [1.54, 1.807) is 24.9 Å². The molecule has 0 radical (unpaired) electrons. The molecule has 0 spiro atoms. The van der Waals surface area contributed by atoms with E-state index in [9.17, 15) is 9.59 Å². The van der Waals surface area contributed by atoms with Gasteiger partial charge in [0.25, 0.3) is 5.91 Å². The van der Waals surface area contributed by atoms with E-state index in [0.717, 1.165) is 5.69 Å². The van der Waals surface area contributed by atoms with Gasteiger partial charge in [-0.05, 0) is 19.9 Å². The first-order chi connectivity index (χ1) is 9.38. The predicted molar refractivity (Wildman–Crippen MR) is 72.0 cm³/mol. The Morgan fingerprint density at radius 3 is 2.65 bits per heavy atom. The Hall–Kier alpha value is -2.64. The highest BCUT2D eigenvalue weighted by Crippen LogP contribution is 2.15. The minimum atomic E-state index is -0.691. The highest BCUT2D eigenvalue weighted by molar-refractivity contribution is 6.02. The zero-order valence-electron chi connectivity index (χ0n) is 11.5. The topological polar surface area (TPSA) is 108 Å². The summed E-state index contributed by atoms with van der Waals surface area (Å²) in [6, 6.07) is 1.30. The molecule has 0 saturated heterocycles. The first-order valence-corrected chi connectivity index (χ1v) is 6.04. The van der Waals surface area contributed by atoms with E-state index in [0.29, 0.717) is 5.69 Å². The summed E-state index contributed by atoms with van der Waals surface area (Å²) in [4.78, 5) is 23.4. The standard InChI is InChI=1S/C12H16N6O2/c1-7-4-5-18(15-7)8(2)12(20)14-9-6-17(3)16-10(9)11(13)19/h4-6,8H,1-3H3,(H2,13,19)(H,14,20)/t8-/m0/s1. The van der Waals surface area contributed by atoms with E-state index in [2.05, 4.69) is 15.5 Å². The van der Waals surface area contributed by atoms with Gasteiger partial charge in [-0.15, -0.1) is 0 Å². The molecule has 1 atom stereocenters. The van der Waals surface area contributed by atoms with Crippen LogP contribution in [0.5, 0.6) is 0 Å². The van der Waals surface area contributed by atoms with E-state index in [4.69, 9.17) is 5.73 Å². The molecule has 106 valence electrons. The number of aromatic nitrogens is 4. The SMILES string of the molecule is Cc1ccn([C@@H](C)C(=O)Nc2cn(C)nc2C(N)=O)n1. The number of hydrogen-bond donors (Lipinski definition) is 2. The fourth-order valence-corrected chi connectivity index (χ4v) is 1.77. The summed E-state index contributed by atoms with van der Waals surface area (Å²) < 4.78 is 2.96. The lowest BCUT2D eigenvalue weighted by molar-refractivity contribution is -0.119. The average Bonchev–Trinajstić information content (AvgIpc) is 2.94. The number of hydrogen-bond acceptors (Lipinski definition) is 4. The van der Waals surface area contributed by atoms with Gasteiger partial charge >= 0.3 is 0 Å². The first kappa shape index (κ1) is 13.8. The normalized spacial score (nSPS) is 12.2. The van der Waals surface area contributed by atoms with Crippen molar-refractivity contribution in [2.24, 2.45) is 12.8 Å². The van der Waals surface area contributed by atoms with Gasteiger partial charge in [0.1, 0.15) is 6.04 Å². The minimum absolute atomic E-state index is 0.0321. The van der Waals surface area contributed by atoms with Crippen molar-refractivity contribution < 1.29 is 9.59 Å². The quantitative estimate of drug-likeness (QED) is 0.832. The van der Waals surface area contributed by atoms with Crippen LogP contribution in [0.25, 0.3) is 0 Å². The van der Waals surface area contributed by atoms with Crippen LogP contribution in [0.2, 0.25) is 0 Å². The van der Waals surface area contributed by atoms with Crippen molar-refractivity contribution in [2.75, 3.05) is 5.32 Å². The highest BCUT2D eigenvalue weighted by Gasteiger charge is 2.20. The largest absolute Gasteiger partial charge is 0.364 e. The monoisotopic (exact) mass is 276 g/mol. The van der Waals surface area contributed by atoms with Crippen molar-refractivity contribution in [2.45, 2.75) is 19.9 Å². The third kappa shape index (κ3) is 2.68. The van der Waals surface area contributed by atoms with E-state index in [1.165, 1.54) is 10.9 Å². The molecule has 0 saturated carbocycles. The number of amides is 2. The molecule has 2 aromatic rings. The van der Waals surface area contributed by atoms with E-state index in [-0.39, 0.29) is 11.6 Å². The van der Waals surface area contributed by atoms with Crippen LogP contribution in [0.3, 0.4) is 0 Å². The lowest BCUT2D eigenvalue weighted by atomic mass is 10.3. The van der Waals surface area contributed by atoms with Gasteiger partial charge in [-0.3, -0.25) is 19.0 Å². The number of nitrogens with zero attached hydrogens (tertiary/aromatic N) is 4. The Morgan fingerprint density at radius 1 is 1.40 bits per heavy atom. The van der Waals surface area contributed by atoms with Crippen molar-refractivity contribution in [3.05, 3.63) is 29.8 Å². The summed E-state index contributed by atoms with van der Waals surface area (Å²) >= 11 is 0. The van der Waals surface area contributed by atoms with Gasteiger partial charge in [-0.25, -0.2) is 0 Å². The van der Waals surface area contributed by atoms with E-state index in [1.807, 2.05) is 13.0 Å². The number of rotatable bonds is 4. The fourth-order valence-electron chi connectivity index (χ4n) is 1.77. The molecule has 0 aromatic carbocycles. The van der Waals surface area contributed by atoms with Crippen LogP contribution in [-0.2, 0) is 11.8 Å². The predicted octanol–water partition coefficient (Wildman–Crippen LogP) is 0.224. The van der Waals surface area contributed by atoms with Crippen LogP contribution >= 0.6 is 0 Å². The van der Waals surface area contributed by atoms with Crippen LogP contribution < -0.4 is 11.1 Å². The smallest absolute Gasteiger partial charge is 0.271 e. The summed E-state index contributed by atoms with van der Waals surface area (Å²) in [7, 11) is 1.64. The average molecular weight is 276 g/mol. The van der Waals surface area contributed by atoms with Crippen molar-refractivity contribution in [3.8, 4) is 0 Å². The van der Waals surface area contributed by atoms with E-state index >= 15 is 0 Å². The van der Waals surface area contributed by atoms with Gasteiger partial charge in [-0.2, -0.15) is 10.2 Å². The number of aryl methyl sites for hydroxylation is 2. The zero-order chi connectivity index (χ0) is 14.9. The molecular weight excluding hydrogens is 260 g/mol. The fraction of sp³-hybridized carbons (Fsp3) is 0.333. The second-order valence-electron chi connectivity index (χ2n) is 4.53. The molecule has 20 heavy (non-hydrogen) atoms. The highest BCUT2D eigenvalue weighted by atomic mass is 16.2. The van der Waals surface area contributed by atoms with Gasteiger partial charge in [0.15, 0.2) is 5.69 Å². The number of nitrogens with one attached hydrogen (secondary N) is 1. The van der Waals surface area contributed by atoms with Gasteiger partial charge < -0.3 is 11.1 Å². The lowest BCUT2D eigenvalue weighted by Crippen LogP contribution is -2.25. The molecule has 8 heteroatoms. The summed E-state index contributed by atoms with van der Waals surface area (Å²) in [6.45, 7) is 3.55. The summed E-state index contributed by atoms with van der Waals surface area (Å²) in [6.07, 6.45) is 3.25. The molecule has 0 aliphatic heterocycles. The van der Waals surface area contributed by atoms with Gasteiger partial charge in [0.2, 0.25) is 5.91 Å². The second kappa shape index (κ2) is 5.16. The van der Waals surface area contributed by atoms with E-state index < -0.39 is 11.9 Å². The number of primary amides is 1. The third-order valence-corrected chi connectivity index (χ3v) is 2.84. The van der Waals surface area contributed by atoms with Crippen molar-refractivity contribution >= 4 is 17.5 Å². The molecule has 0 bridgehead atoms. The molecule has 2 rings (SSSR count). The molecule has 3 N–H and O–H groups in total. The Labute approximate surface area is 115 Å². The summed E-state index contributed by atoms with van der Waals surface area (Å²) in [5.41, 5.74) is 6.36. The Balaban J connectivity index is 2.17. The number of carbonyl (C=O) groups is 2. The van der Waals surface area contributed by atoms with Crippen molar-refractivity contribution in [3.63, 3.8) is 0 Å². The second-order valence-corrected chi connectivity index (χ2v) is 4.53. The maximum atomic E-state index is 12.1. The minimum Gasteiger partial charge on any atom is -0.364 e. The Morgan fingerprint density at radius 2 is 2.10 bits per heavy atom. The molecule has 2 heterocycles. The molecule has 8 nitrogen and oxygen atoms in total. The van der Waals surface area contributed by atoms with Gasteiger partial charge in [0, 0.05) is 19.4 Å². The molecule has 0 aliphatic carbocycles. The molecular formula is C12H16N6O2. The van der Waals surface area contributed by atoms with Crippen LogP contribution in [-0.4, -0.2) is 31.4 Å². The van der Waals surface area contributed by atoms with Crippen LogP contribution in [0.4, 0.5) is 5.69 Å². The molecule has 2 aromatic heterocycles. The van der Waals surface area contributed by atoms with Crippen molar-refractivity contribution in [1.29, 1.82) is 0 Å². The molecule has 0 fully saturated rings. The van der Waals surface area contributed by atoms with Crippen LogP contribution in [0.15, 0.2) is 18.5 Å². The maximum absolute atomic E-state index is 12.1. The number of carbonyl (C=O) groups excluding carboxylic acids is 2. The molecule has 0 unspecified atom stereocenters. The van der Waals surface area contributed by atoms with Crippen molar-refractivity contribution in [1.82, 2.24) is 19.6 Å². The zero-order valence-corrected chi connectivity index (χ0v) is 11.5. The lowest BCUT2D eigenvalue weighted by Gasteiger charge is -2.12. The molecule has 0 aliphatic rings. The maximum Gasteiger partial charge on any atom is 0.271 e. The van der Waals surface area contributed by atoms with Crippen LogP contribution in [0, 0.1) is 6.92 Å². The summed E-state index contributed by atoms with van der Waals surface area (Å²) in [5, 5.41) is 10.7. The van der Waals surface area contributed by atoms with Gasteiger partial charge in [-0.1, -0.05) is 0 Å². The Kier molecular flexibility index (Phi) is 3.55. The van der Waals surface area contributed by atoms with Gasteiger partial charge in [0.05, 0.1) is 11.4 Å². The first-order valence-electron chi connectivity index (χ1n) is 6.04. The Bertz CT molecular complexity index is 657. The summed E-state index contributed by atoms with van der Waals surface area (Å²) in [5.74, 6) is -0.993.